The highest BCUT2D eigenvalue weighted by atomic mass is 32.1. The van der Waals surface area contributed by atoms with Gasteiger partial charge >= 0.3 is 0 Å². The highest BCUT2D eigenvalue weighted by Gasteiger charge is 2.28. The second-order valence-electron chi connectivity index (χ2n) is 21.7. The van der Waals surface area contributed by atoms with Gasteiger partial charge in [0, 0.05) is 62.7 Å². The molecule has 0 aliphatic heterocycles. The monoisotopic (exact) mass is 1050 g/mol. The second kappa shape index (κ2) is 18.9. The van der Waals surface area contributed by atoms with Crippen LogP contribution in [0.4, 0.5) is 0 Å². The number of benzene rings is 10. The topological polar surface area (TPSA) is 48.8 Å². The maximum Gasteiger partial charge on any atom is 0.255 e. The fourth-order valence-corrected chi connectivity index (χ4v) is 13.3. The predicted molar refractivity (Wildman–Crippen MR) is 332 cm³/mol. The number of imidazole rings is 1. The van der Waals surface area contributed by atoms with Crippen molar-refractivity contribution in [2.75, 3.05) is 0 Å². The minimum atomic E-state index is -0.0858. The van der Waals surface area contributed by atoms with E-state index in [1.165, 1.54) is 53.0 Å². The summed E-state index contributed by atoms with van der Waals surface area (Å²) in [5, 5.41) is 7.40. The highest BCUT2D eigenvalue weighted by molar-refractivity contribution is 7.27. The van der Waals surface area contributed by atoms with Crippen LogP contribution in [0.5, 0.6) is 11.5 Å². The lowest BCUT2D eigenvalue weighted by molar-refractivity contribution is -0.566. The predicted octanol–water partition coefficient (Wildman–Crippen LogP) is 19.1. The molecule has 0 unspecified atom stereocenters. The van der Waals surface area contributed by atoms with Crippen molar-refractivity contribution in [3.63, 3.8) is 0 Å². The van der Waals surface area contributed by atoms with Gasteiger partial charge in [0.05, 0.1) is 15.7 Å². The van der Waals surface area contributed by atoms with Crippen LogP contribution in [0.25, 0.3) is 125 Å². The van der Waals surface area contributed by atoms with Crippen molar-refractivity contribution >= 4 is 75.1 Å². The number of ether oxygens (including phenoxy) is 1. The van der Waals surface area contributed by atoms with E-state index in [2.05, 4.69) is 282 Å². The zero-order valence-corrected chi connectivity index (χ0v) is 45.2. The van der Waals surface area contributed by atoms with Gasteiger partial charge in [0.1, 0.15) is 28.7 Å². The van der Waals surface area contributed by atoms with Crippen LogP contribution < -0.4 is 9.30 Å². The number of rotatable bonds is 9. The summed E-state index contributed by atoms with van der Waals surface area (Å²) >= 11 is 1.87. The van der Waals surface area contributed by atoms with Gasteiger partial charge in [-0.1, -0.05) is 178 Å². The van der Waals surface area contributed by atoms with Crippen molar-refractivity contribution < 1.29 is 9.30 Å². The van der Waals surface area contributed by atoms with Crippen LogP contribution in [0.1, 0.15) is 26.3 Å². The molecule has 5 heterocycles. The first-order chi connectivity index (χ1) is 39.3. The lowest BCUT2D eigenvalue weighted by atomic mass is 9.88. The Morgan fingerprint density at radius 2 is 1.10 bits per heavy atom. The van der Waals surface area contributed by atoms with Gasteiger partial charge in [-0.15, -0.1) is 11.3 Å². The van der Waals surface area contributed by atoms with Crippen LogP contribution in [-0.4, -0.2) is 19.1 Å². The third kappa shape index (κ3) is 7.96. The van der Waals surface area contributed by atoms with Crippen molar-refractivity contribution in [1.29, 1.82) is 0 Å². The standard InChI is InChI=1S/C73H52N5OS/c1-73(2,3)53-36-39-75-67(43-53)78-66-45-55(32-33-63(66)72-70(78)68-61-26-12-10-24-59(61)60-25-11-13-27-62(60)71(68)80-72)79-56-42-52(48-34-37-74-38-35-48)41-54(44-56)76-46-77(65-31-15-14-30-64(65)76)69-57(49-20-8-5-9-21-49)28-17-29-58(69)51-23-16-22-50(40-51)47-18-6-4-7-19-47/h4-46H,1-3H3/q+1. The molecule has 15 aromatic rings. The van der Waals surface area contributed by atoms with Crippen LogP contribution >= 0.6 is 11.3 Å². The van der Waals surface area contributed by atoms with Gasteiger partial charge in [-0.05, 0) is 127 Å². The Morgan fingerprint density at radius 1 is 0.450 bits per heavy atom. The third-order valence-corrected chi connectivity index (χ3v) is 17.0. The fourth-order valence-electron chi connectivity index (χ4n) is 11.9. The van der Waals surface area contributed by atoms with Crippen molar-refractivity contribution in [3.05, 3.63) is 267 Å². The van der Waals surface area contributed by atoms with Gasteiger partial charge in [-0.2, -0.15) is 9.13 Å². The molecule has 380 valence electrons. The van der Waals surface area contributed by atoms with Gasteiger partial charge in [0.2, 0.25) is 0 Å². The third-order valence-electron chi connectivity index (χ3n) is 15.8. The van der Waals surface area contributed by atoms with E-state index in [1.54, 1.807) is 0 Å². The summed E-state index contributed by atoms with van der Waals surface area (Å²) in [4.78, 5) is 9.56. The second-order valence-corrected chi connectivity index (χ2v) is 22.7. The Morgan fingerprint density at radius 3 is 1.89 bits per heavy atom. The van der Waals surface area contributed by atoms with E-state index in [0.717, 1.165) is 83.8 Å². The molecule has 15 rings (SSSR count). The van der Waals surface area contributed by atoms with E-state index in [-0.39, 0.29) is 5.41 Å². The Labute approximate surface area is 467 Å². The van der Waals surface area contributed by atoms with Gasteiger partial charge in [0.25, 0.3) is 6.33 Å². The summed E-state index contributed by atoms with van der Waals surface area (Å²) in [6, 6.07) is 84.9. The van der Waals surface area contributed by atoms with Gasteiger partial charge in [-0.3, -0.25) is 9.55 Å². The molecule has 0 saturated heterocycles. The zero-order chi connectivity index (χ0) is 53.5. The van der Waals surface area contributed by atoms with Crippen molar-refractivity contribution in [2.24, 2.45) is 0 Å². The molecule has 0 N–H and O–H groups in total. The molecule has 0 aliphatic carbocycles. The molecule has 0 aliphatic rings. The average molecular weight is 1050 g/mol. The summed E-state index contributed by atoms with van der Waals surface area (Å²) in [5.74, 6) is 2.30. The van der Waals surface area contributed by atoms with E-state index in [0.29, 0.717) is 5.75 Å². The van der Waals surface area contributed by atoms with E-state index in [9.17, 15) is 0 Å². The molecular weight excluding hydrogens is 995 g/mol. The maximum atomic E-state index is 7.21. The molecule has 80 heavy (non-hydrogen) atoms. The molecule has 0 spiro atoms. The normalized spacial score (nSPS) is 11.9. The van der Waals surface area contributed by atoms with E-state index in [1.807, 2.05) is 29.9 Å². The van der Waals surface area contributed by atoms with Crippen LogP contribution in [0, 0.1) is 0 Å². The summed E-state index contributed by atoms with van der Waals surface area (Å²) in [6.45, 7) is 6.79. The van der Waals surface area contributed by atoms with Gasteiger partial charge in [-0.25, -0.2) is 4.98 Å². The van der Waals surface area contributed by atoms with Crippen molar-refractivity contribution in [3.8, 4) is 73.2 Å². The first-order valence-electron chi connectivity index (χ1n) is 27.2. The number of nitrogens with zero attached hydrogens (tertiary/aromatic N) is 5. The summed E-state index contributed by atoms with van der Waals surface area (Å²) in [5.41, 5.74) is 16.4. The average Bonchev–Trinajstić information content (AvgIpc) is 4.38. The summed E-state index contributed by atoms with van der Waals surface area (Å²) < 4.78 is 16.8. The molecule has 0 atom stereocenters. The van der Waals surface area contributed by atoms with Crippen LogP contribution in [-0.2, 0) is 5.41 Å². The highest BCUT2D eigenvalue weighted by Crippen LogP contribution is 2.49. The first-order valence-corrected chi connectivity index (χ1v) is 28.0. The number of thiophene rings is 1. The minimum Gasteiger partial charge on any atom is -0.457 e. The number of aromatic nitrogens is 5. The number of hydrogen-bond acceptors (Lipinski definition) is 4. The first kappa shape index (κ1) is 47.3. The molecule has 0 amide bonds. The quantitative estimate of drug-likeness (QED) is 0.107. The van der Waals surface area contributed by atoms with Gasteiger partial charge < -0.3 is 4.74 Å². The van der Waals surface area contributed by atoms with E-state index >= 15 is 0 Å². The van der Waals surface area contributed by atoms with Crippen LogP contribution in [0.3, 0.4) is 0 Å². The summed E-state index contributed by atoms with van der Waals surface area (Å²) in [6.07, 6.45) is 7.90. The molecule has 0 fully saturated rings. The Hall–Kier alpha value is -9.95. The Balaban J connectivity index is 0.925. The lowest BCUT2D eigenvalue weighted by Gasteiger charge is -2.20. The van der Waals surface area contributed by atoms with Crippen LogP contribution in [0.2, 0.25) is 0 Å². The maximum absolute atomic E-state index is 7.21. The van der Waals surface area contributed by atoms with E-state index < -0.39 is 0 Å². The lowest BCUT2D eigenvalue weighted by Crippen LogP contribution is -2.30. The molecule has 0 saturated carbocycles. The SMILES string of the molecule is CC(C)(C)c1ccnc(-n2c3cc(Oc4cc(-c5ccncc5)cc(-n5c[n+](-c6c(-c7ccccc7)cccc6-c6cccc(-c7ccccc7)c6)c6ccccc65)c4)ccc3c3sc4c5ccccc5c5ccccc5c4c32)c1. The Kier molecular flexibility index (Phi) is 11.2. The zero-order valence-electron chi connectivity index (χ0n) is 44.4. The largest absolute Gasteiger partial charge is 0.457 e. The van der Waals surface area contributed by atoms with Crippen LogP contribution in [0.15, 0.2) is 262 Å². The molecule has 6 nitrogen and oxygen atoms in total. The fraction of sp³-hybridized carbons (Fsp3) is 0.0548. The summed E-state index contributed by atoms with van der Waals surface area (Å²) in [7, 11) is 0. The number of hydrogen-bond donors (Lipinski definition) is 0. The molecule has 0 bridgehead atoms. The molecule has 7 heteroatoms. The molecule has 10 aromatic carbocycles. The molecular formula is C73H52N5OS+. The number of fused-ring (bicyclic) bond motifs is 11. The van der Waals surface area contributed by atoms with Crippen molar-refractivity contribution in [1.82, 2.24) is 19.1 Å². The minimum absolute atomic E-state index is 0.0858. The smallest absolute Gasteiger partial charge is 0.255 e. The number of para-hydroxylation sites is 3. The van der Waals surface area contributed by atoms with Crippen molar-refractivity contribution in [2.45, 2.75) is 26.2 Å². The number of pyridine rings is 2. The molecule has 5 aromatic heterocycles. The van der Waals surface area contributed by atoms with Gasteiger partial charge in [0.15, 0.2) is 11.0 Å². The Bertz CT molecular complexity index is 4900. The molecule has 0 radical (unpaired) electrons. The van der Waals surface area contributed by atoms with E-state index in [4.69, 9.17) is 9.72 Å².